The summed E-state index contributed by atoms with van der Waals surface area (Å²) in [7, 11) is 0. The first kappa shape index (κ1) is 18.8. The number of hydrogen-bond donors (Lipinski definition) is 1. The molecule has 1 aromatic heterocycles. The molecule has 3 rings (SSSR count). The first-order valence-electron chi connectivity index (χ1n) is 9.02. The van der Waals surface area contributed by atoms with E-state index in [-0.39, 0.29) is 35.8 Å². The Balaban J connectivity index is 1.54. The molecular formula is C20H22FN5O. The third kappa shape index (κ3) is 4.59. The molecule has 0 saturated carbocycles. The van der Waals surface area contributed by atoms with Crippen molar-refractivity contribution in [3.63, 3.8) is 0 Å². The number of benzene rings is 1. The number of halogens is 1. The molecule has 1 aliphatic rings. The lowest BCUT2D eigenvalue weighted by molar-refractivity contribution is -0.121. The standard InChI is InChI=1S/C20H22FN5O/c1-13(2)17-5-3-14(9-18(17)21)10-20(27)23-16-7-8-26(12-16)19-6-4-15(11-22)24-25-19/h3-6,9,13,16H,7-8,10,12H2,1-2H3,(H,23,27)/t16-/m0/s1. The number of carbonyl (C=O) groups excluding carboxylic acids is 1. The van der Waals surface area contributed by atoms with Crippen LogP contribution in [0.5, 0.6) is 0 Å². The molecule has 1 aromatic carbocycles. The molecule has 2 heterocycles. The Labute approximate surface area is 158 Å². The molecule has 1 N–H and O–H groups in total. The average molecular weight is 367 g/mol. The smallest absolute Gasteiger partial charge is 0.224 e. The number of rotatable bonds is 5. The summed E-state index contributed by atoms with van der Waals surface area (Å²) >= 11 is 0. The molecule has 0 aliphatic carbocycles. The number of amides is 1. The highest BCUT2D eigenvalue weighted by Gasteiger charge is 2.25. The normalized spacial score (nSPS) is 16.4. The summed E-state index contributed by atoms with van der Waals surface area (Å²) in [6, 6.07) is 10.3. The van der Waals surface area contributed by atoms with Gasteiger partial charge in [0.25, 0.3) is 0 Å². The van der Waals surface area contributed by atoms with Gasteiger partial charge in [0.15, 0.2) is 11.5 Å². The van der Waals surface area contributed by atoms with Crippen molar-refractivity contribution in [3.05, 3.63) is 53.0 Å². The number of nitrogens with one attached hydrogen (secondary N) is 1. The number of anilines is 1. The van der Waals surface area contributed by atoms with Crippen LogP contribution < -0.4 is 10.2 Å². The number of nitrogens with zero attached hydrogens (tertiary/aromatic N) is 4. The molecule has 1 aliphatic heterocycles. The molecule has 0 radical (unpaired) electrons. The molecule has 0 bridgehead atoms. The zero-order valence-corrected chi connectivity index (χ0v) is 15.4. The molecule has 2 aromatic rings. The zero-order valence-electron chi connectivity index (χ0n) is 15.4. The van der Waals surface area contributed by atoms with Crippen LogP contribution >= 0.6 is 0 Å². The SMILES string of the molecule is CC(C)c1ccc(CC(=O)N[C@H]2CCN(c3ccc(C#N)nn3)C2)cc1F. The minimum Gasteiger partial charge on any atom is -0.353 e. The number of carbonyl (C=O) groups is 1. The molecule has 1 amide bonds. The van der Waals surface area contributed by atoms with E-state index in [1.54, 1.807) is 18.2 Å². The molecule has 140 valence electrons. The van der Waals surface area contributed by atoms with E-state index >= 15 is 0 Å². The average Bonchev–Trinajstić information content (AvgIpc) is 3.09. The highest BCUT2D eigenvalue weighted by Crippen LogP contribution is 2.20. The lowest BCUT2D eigenvalue weighted by Crippen LogP contribution is -2.38. The van der Waals surface area contributed by atoms with Crippen LogP contribution in [0.25, 0.3) is 0 Å². The Morgan fingerprint density at radius 2 is 2.19 bits per heavy atom. The quantitative estimate of drug-likeness (QED) is 0.878. The van der Waals surface area contributed by atoms with Crippen LogP contribution in [0.1, 0.15) is 43.0 Å². The van der Waals surface area contributed by atoms with Crippen molar-refractivity contribution >= 4 is 11.7 Å². The van der Waals surface area contributed by atoms with E-state index in [1.807, 2.05) is 30.9 Å². The van der Waals surface area contributed by atoms with Crippen molar-refractivity contribution in [3.8, 4) is 6.07 Å². The summed E-state index contributed by atoms with van der Waals surface area (Å²) in [4.78, 5) is 14.3. The lowest BCUT2D eigenvalue weighted by Gasteiger charge is -2.17. The van der Waals surface area contributed by atoms with Crippen LogP contribution in [0.3, 0.4) is 0 Å². The highest BCUT2D eigenvalue weighted by molar-refractivity contribution is 5.79. The van der Waals surface area contributed by atoms with Gasteiger partial charge >= 0.3 is 0 Å². The van der Waals surface area contributed by atoms with Crippen LogP contribution in [0.4, 0.5) is 10.2 Å². The molecule has 1 fully saturated rings. The van der Waals surface area contributed by atoms with E-state index in [1.165, 1.54) is 6.07 Å². The fourth-order valence-corrected chi connectivity index (χ4v) is 3.25. The number of nitriles is 1. The first-order valence-corrected chi connectivity index (χ1v) is 9.02. The maximum absolute atomic E-state index is 14.1. The van der Waals surface area contributed by atoms with Gasteiger partial charge in [0.05, 0.1) is 6.42 Å². The molecule has 0 spiro atoms. The molecule has 7 heteroatoms. The van der Waals surface area contributed by atoms with E-state index in [2.05, 4.69) is 15.5 Å². The lowest BCUT2D eigenvalue weighted by atomic mass is 10.00. The van der Waals surface area contributed by atoms with Gasteiger partial charge in [0.2, 0.25) is 5.91 Å². The van der Waals surface area contributed by atoms with Gasteiger partial charge in [0, 0.05) is 19.1 Å². The van der Waals surface area contributed by atoms with Crippen molar-refractivity contribution in [1.29, 1.82) is 5.26 Å². The minimum atomic E-state index is -0.262. The second-order valence-corrected chi connectivity index (χ2v) is 7.08. The summed E-state index contributed by atoms with van der Waals surface area (Å²) in [5, 5.41) is 19.7. The van der Waals surface area contributed by atoms with Crippen molar-refractivity contribution < 1.29 is 9.18 Å². The molecule has 1 saturated heterocycles. The molecule has 6 nitrogen and oxygen atoms in total. The van der Waals surface area contributed by atoms with Crippen molar-refractivity contribution in [2.24, 2.45) is 0 Å². The van der Waals surface area contributed by atoms with Gasteiger partial charge in [0.1, 0.15) is 11.9 Å². The molecule has 0 unspecified atom stereocenters. The molecule has 1 atom stereocenters. The van der Waals surface area contributed by atoms with Crippen LogP contribution in [-0.4, -0.2) is 35.2 Å². The predicted molar refractivity (Wildman–Crippen MR) is 99.7 cm³/mol. The van der Waals surface area contributed by atoms with Gasteiger partial charge in [-0.1, -0.05) is 26.0 Å². The topological polar surface area (TPSA) is 81.9 Å². The molecule has 27 heavy (non-hydrogen) atoms. The van der Waals surface area contributed by atoms with Gasteiger partial charge in [-0.2, -0.15) is 5.26 Å². The third-order valence-corrected chi connectivity index (χ3v) is 4.69. The van der Waals surface area contributed by atoms with Gasteiger partial charge in [-0.05, 0) is 41.7 Å². The van der Waals surface area contributed by atoms with Gasteiger partial charge in [-0.15, -0.1) is 10.2 Å². The van der Waals surface area contributed by atoms with Crippen molar-refractivity contribution in [2.75, 3.05) is 18.0 Å². The van der Waals surface area contributed by atoms with E-state index in [0.29, 0.717) is 23.5 Å². The van der Waals surface area contributed by atoms with Crippen molar-refractivity contribution in [1.82, 2.24) is 15.5 Å². The van der Waals surface area contributed by atoms with Gasteiger partial charge in [-0.3, -0.25) is 4.79 Å². The second kappa shape index (κ2) is 8.12. The Morgan fingerprint density at radius 1 is 1.37 bits per heavy atom. The Kier molecular flexibility index (Phi) is 5.65. The van der Waals surface area contributed by atoms with Crippen LogP contribution in [0, 0.1) is 17.1 Å². The summed E-state index contributed by atoms with van der Waals surface area (Å²) in [5.74, 6) is 0.422. The Bertz CT molecular complexity index is 860. The van der Waals surface area contributed by atoms with Crippen LogP contribution in [-0.2, 0) is 11.2 Å². The van der Waals surface area contributed by atoms with Crippen molar-refractivity contribution in [2.45, 2.75) is 38.6 Å². The predicted octanol–water partition coefficient (Wildman–Crippen LogP) is 2.55. The molecular weight excluding hydrogens is 345 g/mol. The first-order chi connectivity index (χ1) is 13.0. The minimum absolute atomic E-state index is 0.00901. The summed E-state index contributed by atoms with van der Waals surface area (Å²) in [5.41, 5.74) is 1.61. The summed E-state index contributed by atoms with van der Waals surface area (Å²) in [6.07, 6.45) is 0.955. The zero-order chi connectivity index (χ0) is 19.4. The third-order valence-electron chi connectivity index (χ3n) is 4.69. The van der Waals surface area contributed by atoms with E-state index < -0.39 is 0 Å². The van der Waals surface area contributed by atoms with Gasteiger partial charge < -0.3 is 10.2 Å². The van der Waals surface area contributed by atoms with E-state index in [4.69, 9.17) is 5.26 Å². The maximum Gasteiger partial charge on any atom is 0.224 e. The van der Waals surface area contributed by atoms with Crippen LogP contribution in [0.15, 0.2) is 30.3 Å². The number of aromatic nitrogens is 2. The van der Waals surface area contributed by atoms with E-state index in [9.17, 15) is 9.18 Å². The fraction of sp³-hybridized carbons (Fsp3) is 0.400. The highest BCUT2D eigenvalue weighted by atomic mass is 19.1. The second-order valence-electron chi connectivity index (χ2n) is 7.08. The largest absolute Gasteiger partial charge is 0.353 e. The maximum atomic E-state index is 14.1. The van der Waals surface area contributed by atoms with Gasteiger partial charge in [-0.25, -0.2) is 4.39 Å². The number of hydrogen-bond acceptors (Lipinski definition) is 5. The monoisotopic (exact) mass is 367 g/mol. The fourth-order valence-electron chi connectivity index (χ4n) is 3.25. The summed E-state index contributed by atoms with van der Waals surface area (Å²) < 4.78 is 14.1. The van der Waals surface area contributed by atoms with Crippen LogP contribution in [0.2, 0.25) is 0 Å². The Morgan fingerprint density at radius 3 is 2.81 bits per heavy atom. The summed E-state index contributed by atoms with van der Waals surface area (Å²) in [6.45, 7) is 5.26. The van der Waals surface area contributed by atoms with E-state index in [0.717, 1.165) is 13.0 Å². The Hall–Kier alpha value is -3.01.